The van der Waals surface area contributed by atoms with Gasteiger partial charge in [-0.15, -0.1) is 0 Å². The highest BCUT2D eigenvalue weighted by Gasteiger charge is 2.45. The van der Waals surface area contributed by atoms with Gasteiger partial charge in [-0.25, -0.2) is 22.6 Å². The van der Waals surface area contributed by atoms with Crippen LogP contribution in [0.15, 0.2) is 137 Å². The average molecular weight is 1340 g/mol. The summed E-state index contributed by atoms with van der Waals surface area (Å²) in [7, 11) is -2.02. The van der Waals surface area contributed by atoms with Crippen LogP contribution in [0.3, 0.4) is 0 Å². The summed E-state index contributed by atoms with van der Waals surface area (Å²) in [6.07, 6.45) is 4.84. The largest absolute Gasteiger partial charge is 0.506 e. The van der Waals surface area contributed by atoms with E-state index in [2.05, 4.69) is 80.2 Å². The first-order chi connectivity index (χ1) is 41.3. The molecule has 0 bridgehead atoms. The number of sulfone groups is 1. The van der Waals surface area contributed by atoms with E-state index in [1.54, 1.807) is 35.3 Å². The van der Waals surface area contributed by atoms with Gasteiger partial charge in [-0.3, -0.25) is 23.9 Å². The number of nitrogens with zero attached hydrogens (tertiary/aromatic N) is 6. The van der Waals surface area contributed by atoms with E-state index >= 15 is 0 Å². The zero-order valence-electron chi connectivity index (χ0n) is 50.1. The second-order valence-electron chi connectivity index (χ2n) is 21.5. The molecule has 0 radical (unpaired) electrons. The van der Waals surface area contributed by atoms with Crippen molar-refractivity contribution in [3.8, 4) is 28.8 Å². The first-order valence-corrected chi connectivity index (χ1v) is 31.5. The molecule has 23 heteroatoms. The molecular formula is C64H69Br2N7O13S. The van der Waals surface area contributed by atoms with Crippen LogP contribution in [0, 0.1) is 30.6 Å². The zero-order valence-corrected chi connectivity index (χ0v) is 54.1. The molecule has 5 heterocycles. The van der Waals surface area contributed by atoms with Crippen LogP contribution in [0.2, 0.25) is 0 Å². The van der Waals surface area contributed by atoms with Crippen molar-refractivity contribution in [1.82, 2.24) is 19.1 Å². The minimum Gasteiger partial charge on any atom is -0.506 e. The van der Waals surface area contributed by atoms with Crippen molar-refractivity contribution in [2.24, 2.45) is 22.8 Å². The Labute approximate surface area is 521 Å². The SMILES string of the molecule is CCOC(=O)C1=NOC(c2ccccc2)(c2ccccc2)C1.CCc1cc(C)cc(CC)c1-c1c(OC(=O)C(C)(C)C)n2n(c1=O)CCOCC2.Cc1c(C(=O)c2c[nH]n(C)c2=O)ccc(S(C)(=O)=O)c1C1=NOCC1.N#Cc1cc(Br)c(O)c(Br)c1. The zero-order chi connectivity index (χ0) is 63.5. The Bertz CT molecular complexity index is 3970. The number of aryl methyl sites for hydroxylation is 4. The van der Waals surface area contributed by atoms with E-state index in [0.717, 1.165) is 46.9 Å². The number of oxime groups is 2. The number of nitriles is 1. The number of H-pyrrole nitrogens is 1. The highest BCUT2D eigenvalue weighted by atomic mass is 79.9. The molecule has 20 nitrogen and oxygen atoms in total. The molecule has 3 aliphatic heterocycles. The molecule has 5 aromatic carbocycles. The topological polar surface area (TPSA) is 265 Å². The van der Waals surface area contributed by atoms with Gasteiger partial charge < -0.3 is 34.1 Å². The summed E-state index contributed by atoms with van der Waals surface area (Å²) in [4.78, 5) is 74.0. The minimum absolute atomic E-state index is 0.00623. The first-order valence-electron chi connectivity index (χ1n) is 28.0. The summed E-state index contributed by atoms with van der Waals surface area (Å²) in [6, 6.07) is 31.8. The van der Waals surface area contributed by atoms with Gasteiger partial charge in [0.05, 0.1) is 75.9 Å². The number of ketones is 1. The van der Waals surface area contributed by atoms with E-state index in [4.69, 9.17) is 29.1 Å². The maximum Gasteiger partial charge on any atom is 0.356 e. The molecule has 0 saturated carbocycles. The maximum atomic E-state index is 13.5. The number of ether oxygens (including phenoxy) is 3. The van der Waals surface area contributed by atoms with Gasteiger partial charge in [0.1, 0.15) is 23.5 Å². The van der Waals surface area contributed by atoms with Crippen LogP contribution in [0.1, 0.15) is 115 Å². The Balaban J connectivity index is 0.000000173. The number of hydrogen-bond acceptors (Lipinski definition) is 16. The van der Waals surface area contributed by atoms with Crippen LogP contribution in [0.4, 0.5) is 0 Å². The third kappa shape index (κ3) is 15.0. The van der Waals surface area contributed by atoms with Gasteiger partial charge in [-0.1, -0.05) is 103 Å². The lowest BCUT2D eigenvalue weighted by Crippen LogP contribution is -2.29. The average Bonchev–Trinajstić information content (AvgIpc) is 1.80. The van der Waals surface area contributed by atoms with Gasteiger partial charge >= 0.3 is 11.9 Å². The maximum absolute atomic E-state index is 13.5. The number of phenolic OH excluding ortho intramolecular Hbond substituents is 1. The summed E-state index contributed by atoms with van der Waals surface area (Å²) in [5, 5.41) is 28.3. The van der Waals surface area contributed by atoms with Gasteiger partial charge in [0.25, 0.3) is 11.1 Å². The third-order valence-corrected chi connectivity index (χ3v) is 16.7. The van der Waals surface area contributed by atoms with Crippen LogP contribution < -0.4 is 15.9 Å². The number of benzene rings is 5. The number of aromatic hydroxyl groups is 1. The molecular weight excluding hydrogens is 1270 g/mol. The Morgan fingerprint density at radius 1 is 0.805 bits per heavy atom. The molecule has 10 rings (SSSR count). The molecule has 0 aliphatic carbocycles. The van der Waals surface area contributed by atoms with E-state index in [-0.39, 0.29) is 33.3 Å². The fraction of sp³-hybridized carbons (Fsp3) is 0.344. The van der Waals surface area contributed by atoms with Gasteiger partial charge in [-0.2, -0.15) is 5.26 Å². The molecule has 0 saturated heterocycles. The predicted octanol–water partition coefficient (Wildman–Crippen LogP) is 10.6. The second kappa shape index (κ2) is 28.6. The number of carbonyl (C=O) groups excluding carboxylic acids is 3. The monoisotopic (exact) mass is 1330 g/mol. The Morgan fingerprint density at radius 2 is 1.39 bits per heavy atom. The number of phenols is 1. The van der Waals surface area contributed by atoms with Crippen LogP contribution in [0.5, 0.6) is 11.6 Å². The highest BCUT2D eigenvalue weighted by molar-refractivity contribution is 9.11. The van der Waals surface area contributed by atoms with Crippen molar-refractivity contribution >= 4 is 70.8 Å². The number of esters is 2. The highest BCUT2D eigenvalue weighted by Crippen LogP contribution is 2.42. The number of rotatable bonds is 12. The van der Waals surface area contributed by atoms with Gasteiger partial charge in [-0.05, 0) is 133 Å². The van der Waals surface area contributed by atoms with Crippen molar-refractivity contribution in [2.75, 3.05) is 32.7 Å². The molecule has 0 spiro atoms. The van der Waals surface area contributed by atoms with E-state index in [0.29, 0.717) is 101 Å². The molecule has 0 fully saturated rings. The van der Waals surface area contributed by atoms with Gasteiger partial charge in [0, 0.05) is 48.2 Å². The lowest BCUT2D eigenvalue weighted by atomic mass is 9.82. The summed E-state index contributed by atoms with van der Waals surface area (Å²) in [5.41, 5.74) is 7.07. The molecule has 87 heavy (non-hydrogen) atoms. The van der Waals surface area contributed by atoms with Crippen LogP contribution >= 0.6 is 31.9 Å². The van der Waals surface area contributed by atoms with E-state index in [1.807, 2.05) is 87.5 Å². The van der Waals surface area contributed by atoms with Crippen molar-refractivity contribution in [2.45, 2.75) is 105 Å². The fourth-order valence-corrected chi connectivity index (χ4v) is 12.1. The number of halogens is 2. The molecule has 0 unspecified atom stereocenters. The number of aromatic amines is 1. The lowest BCUT2D eigenvalue weighted by molar-refractivity contribution is -0.143. The van der Waals surface area contributed by atoms with Gasteiger partial charge in [0.2, 0.25) is 5.88 Å². The molecule has 2 N–H and O–H groups in total. The van der Waals surface area contributed by atoms with Crippen molar-refractivity contribution in [1.29, 1.82) is 5.26 Å². The van der Waals surface area contributed by atoms with Crippen LogP contribution in [-0.4, -0.2) is 94.5 Å². The van der Waals surface area contributed by atoms with Crippen LogP contribution in [-0.2, 0) is 77.2 Å². The number of aromatic nitrogens is 4. The summed E-state index contributed by atoms with van der Waals surface area (Å²) < 4.78 is 46.4. The summed E-state index contributed by atoms with van der Waals surface area (Å²) in [6.45, 7) is 17.6. The quantitative estimate of drug-likeness (QED) is 0.0851. The molecule has 0 atom stereocenters. The summed E-state index contributed by atoms with van der Waals surface area (Å²) >= 11 is 6.21. The Morgan fingerprint density at radius 3 is 1.89 bits per heavy atom. The Hall–Kier alpha value is -8.17. The van der Waals surface area contributed by atoms with Gasteiger partial charge in [0.15, 0.2) is 26.9 Å². The van der Waals surface area contributed by atoms with E-state index < -0.39 is 38.2 Å². The van der Waals surface area contributed by atoms with Crippen molar-refractivity contribution < 1.29 is 51.8 Å². The molecule has 458 valence electrons. The number of nitrogens with one attached hydrogen (secondary N) is 1. The first kappa shape index (κ1) is 66.4. The lowest BCUT2D eigenvalue weighted by Gasteiger charge is -2.27. The number of carbonyl (C=O) groups is 3. The van der Waals surface area contributed by atoms with Crippen LogP contribution in [0.25, 0.3) is 11.1 Å². The number of hydrogen-bond donors (Lipinski definition) is 2. The normalized spacial score (nSPS) is 14.1. The summed E-state index contributed by atoms with van der Waals surface area (Å²) in [5.74, 6) is -0.790. The van der Waals surface area contributed by atoms with Crippen molar-refractivity contribution in [3.05, 3.63) is 189 Å². The molecule has 7 aromatic rings. The second-order valence-corrected chi connectivity index (χ2v) is 25.2. The Kier molecular flexibility index (Phi) is 21.8. The smallest absolute Gasteiger partial charge is 0.356 e. The fourth-order valence-electron chi connectivity index (χ4n) is 9.93. The van der Waals surface area contributed by atoms with E-state index in [9.17, 15) is 37.5 Å². The third-order valence-electron chi connectivity index (χ3n) is 14.4. The standard InChI is InChI=1S/C23H32N2O4.C18H17NO3.C16H17N3O5S.C7H3Br2NO/c1-7-16-13-15(3)14-17(8-2)18(16)19-20(26)24-9-11-28-12-10-25(24)21(19)29-22(27)23(4,5)6;1-2-21-17(20)16-13-18(22-19-16,14-9-5-3-6-10-14)15-11-7-4-8-12-15;1-9-10(15(20)11-8-17-19(2)16(11)21)4-5-13(25(3,22)23)14(9)12-6-7-24-18-12;8-5-1-4(3-10)2-6(9)7(5)11/h13-14H,7-12H2,1-6H3;3-12H,2,13H2,1H3;4-5,8,17H,6-7H2,1-3H3;1-2,11H. The minimum atomic E-state index is -3.52. The number of fused-ring (bicyclic) bond motifs is 1. The van der Waals surface area contributed by atoms with E-state index in [1.165, 1.54) is 35.6 Å². The predicted molar refractivity (Wildman–Crippen MR) is 336 cm³/mol. The van der Waals surface area contributed by atoms with Crippen molar-refractivity contribution in [3.63, 3.8) is 0 Å². The molecule has 2 aromatic heterocycles. The molecule has 3 aliphatic rings. The molecule has 0 amide bonds.